The first-order valence-electron chi connectivity index (χ1n) is 5.43. The molecule has 10 heteroatoms. The molecule has 1 heterocycles. The highest BCUT2D eigenvalue weighted by Gasteiger charge is 2.23. The van der Waals surface area contributed by atoms with Crippen molar-refractivity contribution >= 4 is 33.9 Å². The zero-order valence-electron chi connectivity index (χ0n) is 10.4. The van der Waals surface area contributed by atoms with E-state index in [9.17, 15) is 22.4 Å². The first-order chi connectivity index (χ1) is 9.85. The fraction of sp³-hybridized carbons (Fsp3) is 0.0909. The molecule has 0 fully saturated rings. The molecule has 0 spiro atoms. The zero-order valence-corrected chi connectivity index (χ0v) is 11.2. The Kier molecular flexibility index (Phi) is 3.98. The minimum absolute atomic E-state index is 0.0422. The Balaban J connectivity index is 2.38. The van der Waals surface area contributed by atoms with Crippen LogP contribution in [-0.2, 0) is 0 Å². The molecule has 0 aliphatic rings. The molecule has 1 aromatic heterocycles. The number of hydrogen-bond acceptors (Lipinski definition) is 5. The lowest BCUT2D eigenvalue weighted by molar-refractivity contribution is 0.103. The Morgan fingerprint density at radius 2 is 1.81 bits per heavy atom. The van der Waals surface area contributed by atoms with Crippen molar-refractivity contribution in [3.8, 4) is 0 Å². The van der Waals surface area contributed by atoms with E-state index in [1.165, 1.54) is 7.05 Å². The van der Waals surface area contributed by atoms with Gasteiger partial charge < -0.3 is 16.4 Å². The van der Waals surface area contributed by atoms with Gasteiger partial charge in [-0.15, -0.1) is 0 Å². The molecule has 0 unspecified atom stereocenters. The first-order valence-corrected chi connectivity index (χ1v) is 6.25. The molecule has 0 saturated carbocycles. The minimum atomic E-state index is -1.71. The number of carbonyl (C=O) groups is 1. The zero-order chi connectivity index (χ0) is 15.7. The maximum atomic E-state index is 13.4. The molecule has 0 atom stereocenters. The Hall–Kier alpha value is -2.36. The van der Waals surface area contributed by atoms with E-state index in [0.717, 1.165) is 11.3 Å². The number of carbonyl (C=O) groups excluding carboxylic acids is 1. The molecule has 112 valence electrons. The Labute approximate surface area is 119 Å². The molecule has 1 aromatic carbocycles. The molecule has 0 saturated heterocycles. The maximum absolute atomic E-state index is 13.4. The fourth-order valence-corrected chi connectivity index (χ4v) is 2.19. The number of benzene rings is 1. The third-order valence-electron chi connectivity index (χ3n) is 2.42. The van der Waals surface area contributed by atoms with E-state index in [-0.39, 0.29) is 16.8 Å². The van der Waals surface area contributed by atoms with Gasteiger partial charge in [-0.2, -0.15) is 0 Å². The molecule has 2 rings (SSSR count). The molecular weight excluding hydrogens is 312 g/mol. The van der Waals surface area contributed by atoms with E-state index in [4.69, 9.17) is 5.73 Å². The molecule has 5 nitrogen and oxygen atoms in total. The summed E-state index contributed by atoms with van der Waals surface area (Å²) in [5.41, 5.74) is 4.24. The van der Waals surface area contributed by atoms with E-state index in [2.05, 4.69) is 10.3 Å². The highest BCUT2D eigenvalue weighted by atomic mass is 32.1. The number of rotatable bonds is 3. The van der Waals surface area contributed by atoms with E-state index in [0.29, 0.717) is 5.13 Å². The molecule has 0 radical (unpaired) electrons. The predicted octanol–water partition coefficient (Wildman–Crippen LogP) is 2.58. The first kappa shape index (κ1) is 15.0. The number of nitrogens with zero attached hydrogens (tertiary/aromatic N) is 1. The second-order valence-corrected chi connectivity index (χ2v) is 4.78. The van der Waals surface area contributed by atoms with E-state index >= 15 is 0 Å². The monoisotopic (exact) mass is 320 g/mol. The number of nitrogens with one attached hydrogen (secondary N) is 2. The van der Waals surface area contributed by atoms with Gasteiger partial charge in [0.15, 0.2) is 28.4 Å². The van der Waals surface area contributed by atoms with Gasteiger partial charge in [-0.05, 0) is 0 Å². The van der Waals surface area contributed by atoms with Crippen molar-refractivity contribution in [3.63, 3.8) is 0 Å². The number of nitrogens with two attached hydrogens (primary N) is 1. The Bertz CT molecular complexity index is 692. The fourth-order valence-electron chi connectivity index (χ4n) is 1.45. The lowest BCUT2D eigenvalue weighted by atomic mass is 10.2. The molecule has 2 aromatic rings. The summed E-state index contributed by atoms with van der Waals surface area (Å²) in [6.07, 6.45) is 0. The molecule has 4 N–H and O–H groups in total. The highest BCUT2D eigenvalue weighted by molar-refractivity contribution is 7.18. The topological polar surface area (TPSA) is 80.0 Å². The summed E-state index contributed by atoms with van der Waals surface area (Å²) in [5, 5.41) is 4.67. The van der Waals surface area contributed by atoms with Crippen LogP contribution in [0.5, 0.6) is 0 Å². The summed E-state index contributed by atoms with van der Waals surface area (Å²) in [7, 11) is 1.53. The molecule has 1 amide bonds. The Morgan fingerprint density at radius 1 is 1.24 bits per heavy atom. The van der Waals surface area contributed by atoms with Crippen molar-refractivity contribution in [1.29, 1.82) is 0 Å². The summed E-state index contributed by atoms with van der Waals surface area (Å²) in [6.45, 7) is 0. The van der Waals surface area contributed by atoms with Crippen LogP contribution in [0.3, 0.4) is 0 Å². The molecule has 0 bridgehead atoms. The van der Waals surface area contributed by atoms with Crippen LogP contribution in [0, 0.1) is 23.3 Å². The van der Waals surface area contributed by atoms with Crippen LogP contribution < -0.4 is 16.4 Å². The van der Waals surface area contributed by atoms with Crippen molar-refractivity contribution < 1.29 is 22.4 Å². The van der Waals surface area contributed by atoms with Crippen LogP contribution in [0.4, 0.5) is 34.2 Å². The normalized spacial score (nSPS) is 10.5. The highest BCUT2D eigenvalue weighted by Crippen LogP contribution is 2.28. The van der Waals surface area contributed by atoms with Gasteiger partial charge in [0.2, 0.25) is 0 Å². The van der Waals surface area contributed by atoms with Gasteiger partial charge in [0, 0.05) is 13.1 Å². The molecule has 0 aliphatic heterocycles. The van der Waals surface area contributed by atoms with Gasteiger partial charge in [-0.1, -0.05) is 11.3 Å². The predicted molar refractivity (Wildman–Crippen MR) is 70.3 cm³/mol. The number of anilines is 3. The summed E-state index contributed by atoms with van der Waals surface area (Å²) in [5.74, 6) is -7.89. The Morgan fingerprint density at radius 3 is 2.29 bits per heavy atom. The second kappa shape index (κ2) is 5.56. The van der Waals surface area contributed by atoms with Crippen LogP contribution in [0.2, 0.25) is 0 Å². The van der Waals surface area contributed by atoms with Crippen LogP contribution in [0.15, 0.2) is 6.07 Å². The van der Waals surface area contributed by atoms with Gasteiger partial charge in [-0.25, -0.2) is 22.5 Å². The standard InChI is InChI=1S/C11H8F4N4OS/c1-17-11-19-9(16)8(21-11)10(20)18-7-5(14)3(12)2-4(13)6(7)15/h2H,16H2,1H3,(H,17,19)(H,18,20). The van der Waals surface area contributed by atoms with Crippen LogP contribution >= 0.6 is 11.3 Å². The number of halogens is 4. The van der Waals surface area contributed by atoms with E-state index in [1.54, 1.807) is 5.32 Å². The van der Waals surface area contributed by atoms with Crippen molar-refractivity contribution in [3.05, 3.63) is 34.2 Å². The van der Waals surface area contributed by atoms with Crippen molar-refractivity contribution in [1.82, 2.24) is 4.98 Å². The third kappa shape index (κ3) is 2.75. The lowest BCUT2D eigenvalue weighted by Crippen LogP contribution is -2.16. The number of amides is 1. The van der Waals surface area contributed by atoms with Gasteiger partial charge >= 0.3 is 0 Å². The van der Waals surface area contributed by atoms with Gasteiger partial charge in [-0.3, -0.25) is 4.79 Å². The summed E-state index contributed by atoms with van der Waals surface area (Å²) in [4.78, 5) is 15.5. The van der Waals surface area contributed by atoms with Crippen molar-refractivity contribution in [2.24, 2.45) is 0 Å². The molecule has 0 aliphatic carbocycles. The summed E-state index contributed by atoms with van der Waals surface area (Å²) < 4.78 is 52.9. The third-order valence-corrected chi connectivity index (χ3v) is 3.51. The second-order valence-electron chi connectivity index (χ2n) is 3.78. The van der Waals surface area contributed by atoms with Crippen LogP contribution in [0.25, 0.3) is 0 Å². The quantitative estimate of drug-likeness (QED) is 0.600. The van der Waals surface area contributed by atoms with Gasteiger partial charge in [0.25, 0.3) is 5.91 Å². The molecular formula is C11H8F4N4OS. The van der Waals surface area contributed by atoms with E-state index < -0.39 is 34.9 Å². The van der Waals surface area contributed by atoms with Gasteiger partial charge in [0.1, 0.15) is 16.4 Å². The SMILES string of the molecule is CNc1nc(N)c(C(=O)Nc2c(F)c(F)cc(F)c2F)s1. The number of thiazole rings is 1. The minimum Gasteiger partial charge on any atom is -0.382 e. The lowest BCUT2D eigenvalue weighted by Gasteiger charge is -2.08. The molecule has 21 heavy (non-hydrogen) atoms. The number of aromatic nitrogens is 1. The van der Waals surface area contributed by atoms with Gasteiger partial charge in [0.05, 0.1) is 0 Å². The van der Waals surface area contributed by atoms with Crippen molar-refractivity contribution in [2.75, 3.05) is 23.4 Å². The number of nitrogen functional groups attached to an aromatic ring is 1. The smallest absolute Gasteiger partial charge is 0.269 e. The average Bonchev–Trinajstić information content (AvgIpc) is 2.82. The van der Waals surface area contributed by atoms with E-state index in [1.807, 2.05) is 0 Å². The summed E-state index contributed by atoms with van der Waals surface area (Å²) >= 11 is 0.815. The summed E-state index contributed by atoms with van der Waals surface area (Å²) in [6, 6.07) is 0.0422. The number of hydrogen-bond donors (Lipinski definition) is 3. The largest absolute Gasteiger partial charge is 0.382 e. The average molecular weight is 320 g/mol. The maximum Gasteiger partial charge on any atom is 0.269 e. The van der Waals surface area contributed by atoms with Crippen LogP contribution in [0.1, 0.15) is 9.67 Å². The van der Waals surface area contributed by atoms with Crippen LogP contribution in [-0.4, -0.2) is 17.9 Å². The van der Waals surface area contributed by atoms with Crippen molar-refractivity contribution in [2.45, 2.75) is 0 Å².